The minimum Gasteiger partial charge on any atom is -0.390 e. The Bertz CT molecular complexity index is 496. The van der Waals surface area contributed by atoms with Crippen molar-refractivity contribution in [3.05, 3.63) is 24.0 Å². The van der Waals surface area contributed by atoms with E-state index in [2.05, 4.69) is 23.5 Å². The highest BCUT2D eigenvalue weighted by molar-refractivity contribution is 5.26. The fraction of sp³-hybridized carbons (Fsp3) is 0.688. The van der Waals surface area contributed by atoms with Gasteiger partial charge in [0.2, 0.25) is 0 Å². The van der Waals surface area contributed by atoms with Crippen LogP contribution in [0.5, 0.6) is 0 Å². The van der Waals surface area contributed by atoms with E-state index in [0.717, 1.165) is 32.5 Å². The molecule has 2 atom stereocenters. The Hall–Kier alpha value is -1.13. The van der Waals surface area contributed by atoms with Crippen LogP contribution in [0.4, 0.5) is 0 Å². The summed E-state index contributed by atoms with van der Waals surface area (Å²) in [5.74, 6) is 0.458. The molecule has 1 N–H and O–H groups in total. The molecule has 1 aliphatic carbocycles. The molecule has 2 heterocycles. The van der Waals surface area contributed by atoms with Crippen molar-refractivity contribution >= 4 is 6.20 Å². The van der Waals surface area contributed by atoms with Crippen LogP contribution in [0.2, 0.25) is 0 Å². The molecule has 4 nitrogen and oxygen atoms in total. The van der Waals surface area contributed by atoms with Gasteiger partial charge in [0.1, 0.15) is 0 Å². The third kappa shape index (κ3) is 2.42. The predicted octanol–water partition coefficient (Wildman–Crippen LogP) is 2.42. The molecular formula is C16H25N3O. The van der Waals surface area contributed by atoms with Gasteiger partial charge in [-0.15, -0.1) is 0 Å². The summed E-state index contributed by atoms with van der Waals surface area (Å²) in [6.07, 6.45) is 9.25. The Labute approximate surface area is 121 Å². The van der Waals surface area contributed by atoms with E-state index in [0.29, 0.717) is 5.92 Å². The van der Waals surface area contributed by atoms with Gasteiger partial charge >= 0.3 is 0 Å². The number of hydrogen-bond donors (Lipinski definition) is 1. The summed E-state index contributed by atoms with van der Waals surface area (Å²) in [5.41, 5.74) is 2.06. The Balaban J connectivity index is 1.67. The van der Waals surface area contributed by atoms with Gasteiger partial charge in [-0.25, -0.2) is 4.68 Å². The smallest absolute Gasteiger partial charge is 0.0700 e. The SMILES string of the molecule is C=Cn1ncc(CN2CC[C@]3(O)CCCC[C@@H]3C2)c1C. The Kier molecular flexibility index (Phi) is 3.69. The number of likely N-dealkylation sites (tertiary alicyclic amines) is 1. The Morgan fingerprint density at radius 1 is 1.50 bits per heavy atom. The fourth-order valence-electron chi connectivity index (χ4n) is 3.82. The van der Waals surface area contributed by atoms with Crippen molar-refractivity contribution in [1.82, 2.24) is 14.7 Å². The van der Waals surface area contributed by atoms with E-state index >= 15 is 0 Å². The molecule has 1 aromatic heterocycles. The quantitative estimate of drug-likeness (QED) is 0.921. The number of nitrogens with zero attached hydrogens (tertiary/aromatic N) is 3. The number of piperidine rings is 1. The zero-order valence-corrected chi connectivity index (χ0v) is 12.4. The van der Waals surface area contributed by atoms with Gasteiger partial charge in [0.05, 0.1) is 11.8 Å². The average Bonchev–Trinajstić information content (AvgIpc) is 2.80. The van der Waals surface area contributed by atoms with Crippen LogP contribution in [-0.4, -0.2) is 38.5 Å². The van der Waals surface area contributed by atoms with Crippen LogP contribution in [0.25, 0.3) is 6.20 Å². The number of fused-ring (bicyclic) bond motifs is 1. The van der Waals surface area contributed by atoms with Crippen LogP contribution in [0.15, 0.2) is 12.8 Å². The minimum absolute atomic E-state index is 0.380. The number of hydrogen-bond acceptors (Lipinski definition) is 3. The molecule has 4 heteroatoms. The molecule has 2 aliphatic rings. The number of aliphatic hydroxyl groups is 1. The molecule has 0 radical (unpaired) electrons. The standard InChI is InChI=1S/C16H25N3O/c1-3-19-13(2)14(10-17-19)11-18-9-8-16(20)7-5-4-6-15(16)12-18/h3,10,15,20H,1,4-9,11-12H2,2H3/t15-,16-/m1/s1. The molecule has 1 saturated carbocycles. The lowest BCUT2D eigenvalue weighted by molar-refractivity contribution is -0.0968. The molecule has 20 heavy (non-hydrogen) atoms. The third-order valence-corrected chi connectivity index (χ3v) is 5.22. The first-order chi connectivity index (χ1) is 9.62. The zero-order chi connectivity index (χ0) is 14.2. The molecule has 0 bridgehead atoms. The molecule has 0 aromatic carbocycles. The van der Waals surface area contributed by atoms with Gasteiger partial charge in [0.25, 0.3) is 0 Å². The summed E-state index contributed by atoms with van der Waals surface area (Å²) in [7, 11) is 0. The highest BCUT2D eigenvalue weighted by Gasteiger charge is 2.42. The van der Waals surface area contributed by atoms with Crippen LogP contribution in [0, 0.1) is 12.8 Å². The van der Waals surface area contributed by atoms with E-state index in [9.17, 15) is 5.11 Å². The van der Waals surface area contributed by atoms with Gasteiger partial charge in [-0.1, -0.05) is 19.4 Å². The lowest BCUT2D eigenvalue weighted by Gasteiger charge is -2.47. The molecule has 0 amide bonds. The molecule has 1 aromatic rings. The van der Waals surface area contributed by atoms with Crippen LogP contribution >= 0.6 is 0 Å². The highest BCUT2D eigenvalue weighted by atomic mass is 16.3. The number of rotatable bonds is 3. The molecule has 0 spiro atoms. The summed E-state index contributed by atoms with van der Waals surface area (Å²) < 4.78 is 1.83. The van der Waals surface area contributed by atoms with Gasteiger partial charge < -0.3 is 5.11 Å². The summed E-state index contributed by atoms with van der Waals surface area (Å²) in [4.78, 5) is 2.47. The summed E-state index contributed by atoms with van der Waals surface area (Å²) in [6.45, 7) is 8.81. The van der Waals surface area contributed by atoms with Gasteiger partial charge in [0, 0.05) is 43.0 Å². The fourth-order valence-corrected chi connectivity index (χ4v) is 3.82. The van der Waals surface area contributed by atoms with Gasteiger partial charge in [-0.3, -0.25) is 4.90 Å². The van der Waals surface area contributed by atoms with Crippen LogP contribution in [0.3, 0.4) is 0 Å². The van der Waals surface area contributed by atoms with E-state index in [-0.39, 0.29) is 5.60 Å². The van der Waals surface area contributed by atoms with Crippen LogP contribution in [0.1, 0.15) is 43.4 Å². The minimum atomic E-state index is -0.380. The maximum Gasteiger partial charge on any atom is 0.0700 e. The van der Waals surface area contributed by atoms with Crippen molar-refractivity contribution in [2.75, 3.05) is 13.1 Å². The molecule has 110 valence electrons. The van der Waals surface area contributed by atoms with Crippen LogP contribution in [-0.2, 0) is 6.54 Å². The predicted molar refractivity (Wildman–Crippen MR) is 80.2 cm³/mol. The van der Waals surface area contributed by atoms with Crippen molar-refractivity contribution in [1.29, 1.82) is 0 Å². The van der Waals surface area contributed by atoms with E-state index in [4.69, 9.17) is 0 Å². The van der Waals surface area contributed by atoms with Gasteiger partial charge in [-0.05, 0) is 26.2 Å². The van der Waals surface area contributed by atoms with Gasteiger partial charge in [0.15, 0.2) is 0 Å². The summed E-state index contributed by atoms with van der Waals surface area (Å²) in [5, 5.41) is 15.0. The van der Waals surface area contributed by atoms with E-state index in [1.54, 1.807) is 6.20 Å². The van der Waals surface area contributed by atoms with E-state index in [1.165, 1.54) is 30.5 Å². The zero-order valence-electron chi connectivity index (χ0n) is 12.4. The molecule has 1 saturated heterocycles. The second kappa shape index (κ2) is 5.34. The van der Waals surface area contributed by atoms with E-state index in [1.807, 2.05) is 10.9 Å². The second-order valence-electron chi connectivity index (χ2n) is 6.41. The molecule has 0 unspecified atom stereocenters. The van der Waals surface area contributed by atoms with Crippen molar-refractivity contribution < 1.29 is 5.11 Å². The van der Waals surface area contributed by atoms with Crippen molar-refractivity contribution in [3.63, 3.8) is 0 Å². The normalized spacial score (nSPS) is 31.0. The molecule has 2 fully saturated rings. The van der Waals surface area contributed by atoms with Gasteiger partial charge in [-0.2, -0.15) is 5.10 Å². The highest BCUT2D eigenvalue weighted by Crippen LogP contribution is 2.40. The van der Waals surface area contributed by atoms with Crippen molar-refractivity contribution in [2.45, 2.75) is 51.2 Å². The lowest BCUT2D eigenvalue weighted by atomic mass is 9.71. The van der Waals surface area contributed by atoms with Crippen molar-refractivity contribution in [3.8, 4) is 0 Å². The van der Waals surface area contributed by atoms with E-state index < -0.39 is 0 Å². The first-order valence-corrected chi connectivity index (χ1v) is 7.73. The maximum atomic E-state index is 10.7. The lowest BCUT2D eigenvalue weighted by Crippen LogP contribution is -2.52. The average molecular weight is 275 g/mol. The maximum absolute atomic E-state index is 10.7. The first-order valence-electron chi connectivity index (χ1n) is 7.73. The summed E-state index contributed by atoms with van der Waals surface area (Å²) in [6, 6.07) is 0. The van der Waals surface area contributed by atoms with Crippen LogP contribution < -0.4 is 0 Å². The molecule has 3 rings (SSSR count). The first kappa shape index (κ1) is 13.8. The topological polar surface area (TPSA) is 41.3 Å². The third-order valence-electron chi connectivity index (χ3n) is 5.22. The second-order valence-corrected chi connectivity index (χ2v) is 6.41. The van der Waals surface area contributed by atoms with Crippen molar-refractivity contribution in [2.24, 2.45) is 5.92 Å². The Morgan fingerprint density at radius 2 is 2.35 bits per heavy atom. The monoisotopic (exact) mass is 275 g/mol. The summed E-state index contributed by atoms with van der Waals surface area (Å²) >= 11 is 0. The number of aromatic nitrogens is 2. The molecule has 1 aliphatic heterocycles. The molecular weight excluding hydrogens is 250 g/mol. The Morgan fingerprint density at radius 3 is 3.10 bits per heavy atom. The largest absolute Gasteiger partial charge is 0.390 e.